The summed E-state index contributed by atoms with van der Waals surface area (Å²) in [4.78, 5) is 0. The number of terminal acetylenes is 1. The van der Waals surface area contributed by atoms with Crippen LogP contribution in [0.4, 0.5) is 0 Å². The lowest BCUT2D eigenvalue weighted by Crippen LogP contribution is -2.15. The van der Waals surface area contributed by atoms with Crippen molar-refractivity contribution in [3.63, 3.8) is 0 Å². The van der Waals surface area contributed by atoms with Crippen LogP contribution in [0, 0.1) is 12.3 Å². The molecule has 0 amide bonds. The third kappa shape index (κ3) is 37.1. The summed E-state index contributed by atoms with van der Waals surface area (Å²) in [6, 6.07) is 0. The second-order valence-corrected chi connectivity index (χ2v) is 7.99. The molecule has 0 spiro atoms. The minimum atomic E-state index is 0.309. The highest BCUT2D eigenvalue weighted by atomic mass is 16.6. The highest BCUT2D eigenvalue weighted by Gasteiger charge is 1.96. The third-order valence-corrected chi connectivity index (χ3v) is 4.63. The van der Waals surface area contributed by atoms with Crippen LogP contribution in [0.15, 0.2) is 0 Å². The molecule has 40 heavy (non-hydrogen) atoms. The first kappa shape index (κ1) is 39.1. The lowest BCUT2D eigenvalue weighted by atomic mass is 10.5. The van der Waals surface area contributed by atoms with Crippen molar-refractivity contribution in [2.24, 2.45) is 0 Å². The normalized spacial score (nSPS) is 11.3. The molecule has 0 fully saturated rings. The Labute approximate surface area is 241 Å². The van der Waals surface area contributed by atoms with Crippen LogP contribution in [-0.4, -0.2) is 159 Å². The van der Waals surface area contributed by atoms with E-state index in [0.29, 0.717) is 152 Å². The van der Waals surface area contributed by atoms with Crippen molar-refractivity contribution in [2.75, 3.05) is 159 Å². The molecule has 12 heteroatoms. The van der Waals surface area contributed by atoms with Crippen LogP contribution in [0.3, 0.4) is 0 Å². The first-order valence-corrected chi connectivity index (χ1v) is 14.3. The maximum Gasteiger partial charge on any atom is 0.107 e. The lowest BCUT2D eigenvalue weighted by molar-refractivity contribution is -0.0281. The standard InChI is InChI=1S/C28H54O12/c1-3-5-29-7-9-31-11-13-33-15-17-35-19-21-37-23-25-39-27-28-40-26-24-38-22-20-36-18-16-34-14-12-32-10-8-30-6-4-2/h1H,4-28H2,2H3. The molecule has 0 radical (unpaired) electrons. The quantitative estimate of drug-likeness (QED) is 0.0783. The molecule has 0 aromatic rings. The zero-order valence-electron chi connectivity index (χ0n) is 24.7. The van der Waals surface area contributed by atoms with E-state index in [4.69, 9.17) is 63.3 Å². The van der Waals surface area contributed by atoms with Gasteiger partial charge >= 0.3 is 0 Å². The maximum atomic E-state index is 5.46. The Bertz CT molecular complexity index is 492. The van der Waals surface area contributed by atoms with Gasteiger partial charge < -0.3 is 56.8 Å². The molecule has 0 unspecified atom stereocenters. The molecule has 0 saturated carbocycles. The molecule has 0 aliphatic heterocycles. The summed E-state index contributed by atoms with van der Waals surface area (Å²) in [7, 11) is 0. The van der Waals surface area contributed by atoms with Gasteiger partial charge in [0.2, 0.25) is 0 Å². The molecule has 0 aromatic carbocycles. The summed E-state index contributed by atoms with van der Waals surface area (Å²) in [5.74, 6) is 2.40. The molecule has 0 aliphatic carbocycles. The molecule has 0 N–H and O–H groups in total. The minimum Gasteiger partial charge on any atom is -0.379 e. The smallest absolute Gasteiger partial charge is 0.107 e. The molecule has 0 aromatic heterocycles. The van der Waals surface area contributed by atoms with Crippen molar-refractivity contribution >= 4 is 0 Å². The van der Waals surface area contributed by atoms with Gasteiger partial charge in [0, 0.05) is 6.61 Å². The maximum absolute atomic E-state index is 5.46. The van der Waals surface area contributed by atoms with E-state index < -0.39 is 0 Å². The van der Waals surface area contributed by atoms with Gasteiger partial charge in [-0.2, -0.15) is 0 Å². The number of hydrogen-bond acceptors (Lipinski definition) is 12. The van der Waals surface area contributed by atoms with Crippen molar-refractivity contribution < 1.29 is 56.8 Å². The summed E-state index contributed by atoms with van der Waals surface area (Å²) < 4.78 is 64.7. The van der Waals surface area contributed by atoms with E-state index in [2.05, 4.69) is 12.8 Å². The molecule has 0 bridgehead atoms. The van der Waals surface area contributed by atoms with Crippen LogP contribution < -0.4 is 0 Å². The molecule has 238 valence electrons. The fourth-order valence-corrected chi connectivity index (χ4v) is 2.69. The average molecular weight is 583 g/mol. The van der Waals surface area contributed by atoms with E-state index in [1.165, 1.54) is 0 Å². The second kappa shape index (κ2) is 38.1. The lowest BCUT2D eigenvalue weighted by Gasteiger charge is -2.09. The number of ether oxygens (including phenoxy) is 12. The van der Waals surface area contributed by atoms with E-state index in [-0.39, 0.29) is 0 Å². The van der Waals surface area contributed by atoms with Gasteiger partial charge in [0.25, 0.3) is 0 Å². The van der Waals surface area contributed by atoms with E-state index >= 15 is 0 Å². The van der Waals surface area contributed by atoms with Gasteiger partial charge in [-0.1, -0.05) is 12.8 Å². The Hall–Kier alpha value is -0.920. The Balaban J connectivity index is 3.02. The number of hydrogen-bond donors (Lipinski definition) is 0. The Morgan fingerprint density at radius 3 is 0.650 bits per heavy atom. The third-order valence-electron chi connectivity index (χ3n) is 4.63. The van der Waals surface area contributed by atoms with Crippen LogP contribution >= 0.6 is 0 Å². The van der Waals surface area contributed by atoms with Gasteiger partial charge in [-0.05, 0) is 6.42 Å². The van der Waals surface area contributed by atoms with E-state index in [1.54, 1.807) is 0 Å². The molecular formula is C28H54O12. The van der Waals surface area contributed by atoms with Crippen molar-refractivity contribution in [1.29, 1.82) is 0 Å². The van der Waals surface area contributed by atoms with Gasteiger partial charge in [-0.15, -0.1) is 6.42 Å². The Kier molecular flexibility index (Phi) is 37.2. The largest absolute Gasteiger partial charge is 0.379 e. The highest BCUT2D eigenvalue weighted by Crippen LogP contribution is 1.87. The summed E-state index contributed by atoms with van der Waals surface area (Å²) in [5.41, 5.74) is 0. The van der Waals surface area contributed by atoms with Gasteiger partial charge in [0.15, 0.2) is 0 Å². The van der Waals surface area contributed by atoms with Gasteiger partial charge in [0.05, 0.1) is 145 Å². The molecular weight excluding hydrogens is 528 g/mol. The van der Waals surface area contributed by atoms with Crippen molar-refractivity contribution in [3.05, 3.63) is 0 Å². The first-order valence-electron chi connectivity index (χ1n) is 14.3. The highest BCUT2D eigenvalue weighted by molar-refractivity contribution is 4.82. The van der Waals surface area contributed by atoms with E-state index in [9.17, 15) is 0 Å². The van der Waals surface area contributed by atoms with Crippen LogP contribution in [-0.2, 0) is 56.8 Å². The topological polar surface area (TPSA) is 111 Å². The van der Waals surface area contributed by atoms with Crippen LogP contribution in [0.5, 0.6) is 0 Å². The molecule has 0 rings (SSSR count). The molecule has 0 atom stereocenters. The zero-order valence-corrected chi connectivity index (χ0v) is 24.7. The van der Waals surface area contributed by atoms with Gasteiger partial charge in [-0.25, -0.2) is 0 Å². The van der Waals surface area contributed by atoms with Crippen LogP contribution in [0.25, 0.3) is 0 Å². The fourth-order valence-electron chi connectivity index (χ4n) is 2.69. The zero-order chi connectivity index (χ0) is 28.9. The summed E-state index contributed by atoms with van der Waals surface area (Å²) in [6.45, 7) is 14.8. The summed E-state index contributed by atoms with van der Waals surface area (Å²) in [5, 5.41) is 0. The van der Waals surface area contributed by atoms with E-state index in [1.807, 2.05) is 0 Å². The van der Waals surface area contributed by atoms with Crippen molar-refractivity contribution in [2.45, 2.75) is 13.3 Å². The number of rotatable bonds is 36. The first-order chi connectivity index (χ1) is 19.9. The molecule has 0 heterocycles. The van der Waals surface area contributed by atoms with E-state index in [0.717, 1.165) is 13.0 Å². The van der Waals surface area contributed by atoms with Crippen LogP contribution in [0.2, 0.25) is 0 Å². The second-order valence-electron chi connectivity index (χ2n) is 7.99. The van der Waals surface area contributed by atoms with Gasteiger partial charge in [-0.3, -0.25) is 0 Å². The SMILES string of the molecule is C#CCOCCOCCOCCOCCOCCOCCOCCOCCOCCOCCOCCOCCC. The average Bonchev–Trinajstić information content (AvgIpc) is 2.97. The van der Waals surface area contributed by atoms with Gasteiger partial charge in [0.1, 0.15) is 6.61 Å². The van der Waals surface area contributed by atoms with Crippen LogP contribution in [0.1, 0.15) is 13.3 Å². The van der Waals surface area contributed by atoms with Crippen molar-refractivity contribution in [3.8, 4) is 12.3 Å². The molecule has 0 saturated heterocycles. The summed E-state index contributed by atoms with van der Waals surface area (Å²) in [6.07, 6.45) is 6.10. The molecule has 0 aliphatic rings. The predicted octanol–water partition coefficient (Wildman–Crippen LogP) is 1.23. The minimum absolute atomic E-state index is 0.309. The fraction of sp³-hybridized carbons (Fsp3) is 0.929. The van der Waals surface area contributed by atoms with Crippen molar-refractivity contribution in [1.82, 2.24) is 0 Å². The molecule has 12 nitrogen and oxygen atoms in total. The Morgan fingerprint density at radius 2 is 0.475 bits per heavy atom. The summed E-state index contributed by atoms with van der Waals surface area (Å²) >= 11 is 0. The predicted molar refractivity (Wildman–Crippen MR) is 149 cm³/mol. The monoisotopic (exact) mass is 582 g/mol. The Morgan fingerprint density at radius 1 is 0.300 bits per heavy atom.